The molecule has 0 spiro atoms. The van der Waals surface area contributed by atoms with Crippen molar-refractivity contribution in [1.82, 2.24) is 0 Å². The van der Waals surface area contributed by atoms with Gasteiger partial charge in [0.25, 0.3) is 0 Å². The van der Waals surface area contributed by atoms with Crippen molar-refractivity contribution in [2.75, 3.05) is 4.90 Å². The van der Waals surface area contributed by atoms with Gasteiger partial charge >= 0.3 is 0 Å². The van der Waals surface area contributed by atoms with Crippen molar-refractivity contribution in [2.45, 2.75) is 38.5 Å². The molecule has 2 aromatic carbocycles. The van der Waals surface area contributed by atoms with Crippen LogP contribution in [0.1, 0.15) is 38.8 Å². The van der Waals surface area contributed by atoms with Crippen molar-refractivity contribution in [2.24, 2.45) is 0 Å². The Morgan fingerprint density at radius 2 is 1.02 bits per heavy atom. The van der Waals surface area contributed by atoms with E-state index in [1.165, 1.54) is 11.1 Å². The summed E-state index contributed by atoms with van der Waals surface area (Å²) in [6, 6.07) is 22.9. The fourth-order valence-corrected chi connectivity index (χ4v) is 5.46. The van der Waals surface area contributed by atoms with Crippen LogP contribution in [-0.2, 0) is 10.8 Å². The lowest BCUT2D eigenvalue weighted by Crippen LogP contribution is -2.26. The van der Waals surface area contributed by atoms with E-state index in [9.17, 15) is 0 Å². The fraction of sp³-hybridized carbons (Fsp3) is 0.118. The van der Waals surface area contributed by atoms with Crippen LogP contribution in [0.5, 0.6) is 0 Å². The van der Waals surface area contributed by atoms with Crippen LogP contribution < -0.4 is 4.90 Å². The highest BCUT2D eigenvalue weighted by Gasteiger charge is 2.44. The van der Waals surface area contributed by atoms with Gasteiger partial charge in [-0.3, -0.25) is 4.90 Å². The topological polar surface area (TPSA) is 6.25 Å². The number of nitrogens with zero attached hydrogens (tertiary/aromatic N) is 2. The molecule has 0 radical (unpaired) electrons. The van der Waals surface area contributed by atoms with Crippen molar-refractivity contribution in [3.8, 4) is 143 Å². The standard InChI is InChI=1S/C51H29N2/c1-7-9-11-13-15-17-19-21-26-34-42-52-46-38-32-30-36-44(46)50(3,4)48(52)40-28-24-23-25-29-41-49-51(5,6)45-37-31-33-39-47(45)53(49)43-35-27-22-20-18-16-14-12-10-8-2/h1-2,23-25,28-33,36-41H,3-6H3/q+1. The average molecular weight is 670 g/mol. The Balaban J connectivity index is 1.55. The molecule has 0 atom stereocenters. The van der Waals surface area contributed by atoms with Gasteiger partial charge in [-0.2, -0.15) is 0 Å². The lowest BCUT2D eigenvalue weighted by Gasteiger charge is -2.22. The summed E-state index contributed by atoms with van der Waals surface area (Å²) in [5.41, 5.74) is 5.94. The van der Waals surface area contributed by atoms with Gasteiger partial charge < -0.3 is 0 Å². The lowest BCUT2D eigenvalue weighted by molar-refractivity contribution is -0.332. The quantitative estimate of drug-likeness (QED) is 0.201. The number of benzene rings is 2. The van der Waals surface area contributed by atoms with Gasteiger partial charge in [-0.15, -0.1) is 17.4 Å². The Morgan fingerprint density at radius 1 is 0.528 bits per heavy atom. The third-order valence-corrected chi connectivity index (χ3v) is 7.83. The third-order valence-electron chi connectivity index (χ3n) is 7.83. The van der Waals surface area contributed by atoms with Gasteiger partial charge in [0.15, 0.2) is 0 Å². The van der Waals surface area contributed by atoms with Gasteiger partial charge in [0, 0.05) is 88.1 Å². The molecule has 2 heteroatoms. The molecule has 242 valence electrons. The number of allylic oxidation sites excluding steroid dienone is 8. The molecule has 0 aliphatic carbocycles. The number of para-hydroxylation sites is 2. The zero-order valence-corrected chi connectivity index (χ0v) is 29.7. The van der Waals surface area contributed by atoms with Crippen molar-refractivity contribution < 1.29 is 4.58 Å². The van der Waals surface area contributed by atoms with Crippen molar-refractivity contribution >= 4 is 17.1 Å². The lowest BCUT2D eigenvalue weighted by atomic mass is 9.81. The first kappa shape index (κ1) is 37.4. The second-order valence-corrected chi connectivity index (χ2v) is 11.8. The normalized spacial score (nSPS) is 13.6. The van der Waals surface area contributed by atoms with Gasteiger partial charge in [0.1, 0.15) is 0 Å². The number of hydrogen-bond acceptors (Lipinski definition) is 1. The summed E-state index contributed by atoms with van der Waals surface area (Å²) in [5, 5.41) is 0. The molecule has 53 heavy (non-hydrogen) atoms. The first-order valence-electron chi connectivity index (χ1n) is 16.2. The maximum absolute atomic E-state index is 5.06. The van der Waals surface area contributed by atoms with E-state index < -0.39 is 0 Å². The molecule has 0 amide bonds. The van der Waals surface area contributed by atoms with Crippen LogP contribution >= 0.6 is 0 Å². The van der Waals surface area contributed by atoms with Gasteiger partial charge in [-0.05, 0) is 90.8 Å². The molecule has 0 N–H and O–H groups in total. The molecule has 0 bridgehead atoms. The van der Waals surface area contributed by atoms with E-state index in [0.29, 0.717) is 0 Å². The van der Waals surface area contributed by atoms with Gasteiger partial charge in [0.2, 0.25) is 17.4 Å². The highest BCUT2D eigenvalue weighted by molar-refractivity contribution is 6.03. The molecule has 4 rings (SSSR count). The Morgan fingerprint density at radius 3 is 1.64 bits per heavy atom. The van der Waals surface area contributed by atoms with Crippen LogP contribution in [0, 0.1) is 143 Å². The molecule has 0 fully saturated rings. The first-order chi connectivity index (χ1) is 25.8. The average Bonchev–Trinajstić information content (AvgIpc) is 3.51. The summed E-state index contributed by atoms with van der Waals surface area (Å²) in [6.07, 6.45) is 24.3. The van der Waals surface area contributed by atoms with E-state index in [1.807, 2.05) is 64.1 Å². The summed E-state index contributed by atoms with van der Waals surface area (Å²) >= 11 is 0. The maximum Gasteiger partial charge on any atom is 0.243 e. The SMILES string of the molecule is C#CC#CC#CC#CC#CC#CN1C(=CC=CC=CC=CC2=[N+](C#CC#CC#CC#CC#CC#C)c3ccccc3C2(C)C)C(C)(C)c2ccccc21. The Labute approximate surface area is 315 Å². The summed E-state index contributed by atoms with van der Waals surface area (Å²) in [6.45, 7) is 8.74. The minimum atomic E-state index is -0.270. The Bertz CT molecular complexity index is 2740. The van der Waals surface area contributed by atoms with Crippen LogP contribution in [0.4, 0.5) is 11.4 Å². The van der Waals surface area contributed by atoms with E-state index in [1.54, 1.807) is 0 Å². The van der Waals surface area contributed by atoms with Crippen molar-refractivity contribution in [1.29, 1.82) is 0 Å². The van der Waals surface area contributed by atoms with Gasteiger partial charge in [-0.1, -0.05) is 80.6 Å². The highest BCUT2D eigenvalue weighted by atomic mass is 15.2. The van der Waals surface area contributed by atoms with Crippen LogP contribution in [0.2, 0.25) is 0 Å². The molecule has 2 aliphatic heterocycles. The van der Waals surface area contributed by atoms with Crippen LogP contribution in [0.25, 0.3) is 0 Å². The number of terminal acetylenes is 2. The third kappa shape index (κ3) is 9.83. The minimum Gasteiger partial charge on any atom is -0.272 e. The molecule has 2 heterocycles. The van der Waals surface area contributed by atoms with Crippen molar-refractivity contribution in [3.05, 3.63) is 108 Å². The monoisotopic (exact) mass is 669 g/mol. The van der Waals surface area contributed by atoms with E-state index in [0.717, 1.165) is 22.8 Å². The van der Waals surface area contributed by atoms with E-state index in [2.05, 4.69) is 195 Å². The highest BCUT2D eigenvalue weighted by Crippen LogP contribution is 2.47. The summed E-state index contributed by atoms with van der Waals surface area (Å²) in [7, 11) is 0. The van der Waals surface area contributed by atoms with E-state index in [4.69, 9.17) is 12.8 Å². The summed E-state index contributed by atoms with van der Waals surface area (Å²) in [4.78, 5) is 1.98. The van der Waals surface area contributed by atoms with Crippen LogP contribution in [-0.4, -0.2) is 10.3 Å². The molecule has 0 aromatic heterocycles. The van der Waals surface area contributed by atoms with E-state index in [-0.39, 0.29) is 10.8 Å². The molecule has 0 saturated heterocycles. The molecule has 0 unspecified atom stereocenters. The Kier molecular flexibility index (Phi) is 13.4. The predicted octanol–water partition coefficient (Wildman–Crippen LogP) is 6.63. The second kappa shape index (κ2) is 19.0. The van der Waals surface area contributed by atoms with Gasteiger partial charge in [-0.25, -0.2) is 0 Å². The molecular formula is C51H29N2+. The Hall–Kier alpha value is -8.41. The zero-order valence-electron chi connectivity index (χ0n) is 29.7. The van der Waals surface area contributed by atoms with Crippen LogP contribution in [0.3, 0.4) is 0 Å². The zero-order chi connectivity index (χ0) is 37.8. The number of hydrogen-bond donors (Lipinski definition) is 0. The molecule has 2 aliphatic rings. The summed E-state index contributed by atoms with van der Waals surface area (Å²) < 4.78 is 1.98. The second-order valence-electron chi connectivity index (χ2n) is 11.8. The van der Waals surface area contributed by atoms with Crippen LogP contribution in [0.15, 0.2) is 96.8 Å². The molecule has 2 nitrogen and oxygen atoms in total. The molecule has 0 saturated carbocycles. The molecular weight excluding hydrogens is 641 g/mol. The molecule has 2 aromatic rings. The predicted molar refractivity (Wildman–Crippen MR) is 217 cm³/mol. The van der Waals surface area contributed by atoms with Gasteiger partial charge in [0.05, 0.1) is 17.0 Å². The smallest absolute Gasteiger partial charge is 0.243 e. The number of fused-ring (bicyclic) bond motifs is 2. The fourth-order valence-electron chi connectivity index (χ4n) is 5.46. The minimum absolute atomic E-state index is 0.270. The largest absolute Gasteiger partial charge is 0.272 e. The maximum atomic E-state index is 5.06. The number of rotatable bonds is 4. The number of anilines is 1. The first-order valence-corrected chi connectivity index (χ1v) is 16.2. The van der Waals surface area contributed by atoms with E-state index >= 15 is 0 Å². The van der Waals surface area contributed by atoms with Crippen molar-refractivity contribution in [3.63, 3.8) is 0 Å². The summed E-state index contributed by atoms with van der Waals surface area (Å²) in [5.74, 6) is 51.7.